The lowest BCUT2D eigenvalue weighted by Gasteiger charge is -2.08. The smallest absolute Gasteiger partial charge is 0.338 e. The third-order valence-electron chi connectivity index (χ3n) is 2.57. The van der Waals surface area contributed by atoms with E-state index in [1.165, 1.54) is 31.2 Å². The van der Waals surface area contributed by atoms with E-state index >= 15 is 0 Å². The molecule has 0 unspecified atom stereocenters. The molecule has 9 heteroatoms. The summed E-state index contributed by atoms with van der Waals surface area (Å²) in [6.07, 6.45) is -0.962. The number of benzene rings is 1. The Hall–Kier alpha value is -2.44. The lowest BCUT2D eigenvalue weighted by molar-refractivity contribution is -0.144. The highest BCUT2D eigenvalue weighted by Gasteiger charge is 2.18. The largest absolute Gasteiger partial charge is 0.462 e. The predicted octanol–water partition coefficient (Wildman–Crippen LogP) is 0.597. The first-order valence-corrected chi connectivity index (χ1v) is 8.14. The van der Waals surface area contributed by atoms with Gasteiger partial charge < -0.3 is 9.47 Å². The van der Waals surface area contributed by atoms with E-state index in [0.29, 0.717) is 0 Å². The quantitative estimate of drug-likeness (QED) is 0.721. The van der Waals surface area contributed by atoms with E-state index in [1.807, 2.05) is 0 Å². The van der Waals surface area contributed by atoms with Crippen LogP contribution in [0.2, 0.25) is 0 Å². The number of nitrogens with zero attached hydrogens (tertiary/aromatic N) is 1. The highest BCUT2D eigenvalue weighted by Crippen LogP contribution is 2.11. The average Bonchev–Trinajstić information content (AvgIpc) is 2.53. The lowest BCUT2D eigenvalue weighted by Crippen LogP contribution is -2.32. The molecule has 23 heavy (non-hydrogen) atoms. The maximum Gasteiger partial charge on any atom is 0.338 e. The van der Waals surface area contributed by atoms with E-state index in [0.717, 1.165) is 0 Å². The molecule has 0 bridgehead atoms. The van der Waals surface area contributed by atoms with Crippen LogP contribution in [0.1, 0.15) is 24.2 Å². The monoisotopic (exact) mass is 340 g/mol. The summed E-state index contributed by atoms with van der Waals surface area (Å²) in [6.45, 7) is 2.63. The van der Waals surface area contributed by atoms with E-state index in [2.05, 4.69) is 9.46 Å². The lowest BCUT2D eigenvalue weighted by atomic mass is 10.2. The maximum absolute atomic E-state index is 12.0. The Morgan fingerprint density at radius 1 is 1.30 bits per heavy atom. The molecule has 0 spiro atoms. The first-order chi connectivity index (χ1) is 10.8. The Balaban J connectivity index is 2.72. The molecule has 0 aromatic heterocycles. The van der Waals surface area contributed by atoms with Gasteiger partial charge in [0.2, 0.25) is 10.0 Å². The number of hydrogen-bond donors (Lipinski definition) is 1. The van der Waals surface area contributed by atoms with Gasteiger partial charge in [-0.25, -0.2) is 13.2 Å². The Morgan fingerprint density at radius 3 is 2.43 bits per heavy atom. The summed E-state index contributed by atoms with van der Waals surface area (Å²) in [5.74, 6) is -1.43. The summed E-state index contributed by atoms with van der Waals surface area (Å²) in [4.78, 5) is 22.7. The third-order valence-corrected chi connectivity index (χ3v) is 3.99. The second kappa shape index (κ2) is 8.26. The van der Waals surface area contributed by atoms with Gasteiger partial charge in [0, 0.05) is 0 Å². The summed E-state index contributed by atoms with van der Waals surface area (Å²) < 4.78 is 35.5. The van der Waals surface area contributed by atoms with Gasteiger partial charge in [0.25, 0.3) is 0 Å². The van der Waals surface area contributed by atoms with E-state index in [9.17, 15) is 18.0 Å². The highest BCUT2D eigenvalue weighted by molar-refractivity contribution is 7.89. The number of esters is 2. The minimum atomic E-state index is -3.94. The van der Waals surface area contributed by atoms with Gasteiger partial charge in [-0.1, -0.05) is 0 Å². The molecule has 0 saturated carbocycles. The van der Waals surface area contributed by atoms with Gasteiger partial charge in [-0.05, 0) is 38.1 Å². The van der Waals surface area contributed by atoms with Crippen molar-refractivity contribution in [1.29, 1.82) is 5.26 Å². The molecule has 0 aliphatic carbocycles. The SMILES string of the molecule is CCOC(=O)c1ccc(S(=O)(=O)NCC(=O)O[C@@H](C)C#N)cc1. The molecule has 1 rings (SSSR count). The van der Waals surface area contributed by atoms with Crippen LogP contribution in [0.25, 0.3) is 0 Å². The molecule has 8 nitrogen and oxygen atoms in total. The highest BCUT2D eigenvalue weighted by atomic mass is 32.2. The minimum absolute atomic E-state index is 0.119. The molecule has 0 aliphatic rings. The molecule has 0 aliphatic heterocycles. The van der Waals surface area contributed by atoms with Crippen LogP contribution in [-0.4, -0.2) is 39.6 Å². The number of carbonyl (C=O) groups excluding carboxylic acids is 2. The third kappa shape index (κ3) is 5.69. The van der Waals surface area contributed by atoms with Crippen LogP contribution < -0.4 is 4.72 Å². The average molecular weight is 340 g/mol. The van der Waals surface area contributed by atoms with Crippen molar-refractivity contribution in [3.05, 3.63) is 29.8 Å². The Kier molecular flexibility index (Phi) is 6.68. The first-order valence-electron chi connectivity index (χ1n) is 6.66. The topological polar surface area (TPSA) is 123 Å². The summed E-state index contributed by atoms with van der Waals surface area (Å²) in [7, 11) is -3.94. The van der Waals surface area contributed by atoms with Crippen LogP contribution in [-0.2, 0) is 24.3 Å². The second-order valence-electron chi connectivity index (χ2n) is 4.33. The molecular formula is C14H16N2O6S. The zero-order valence-electron chi connectivity index (χ0n) is 12.6. The Morgan fingerprint density at radius 2 is 1.91 bits per heavy atom. The fourth-order valence-corrected chi connectivity index (χ4v) is 2.46. The molecule has 0 heterocycles. The molecule has 1 atom stereocenters. The number of carbonyl (C=O) groups is 2. The molecule has 1 aromatic carbocycles. The van der Waals surface area contributed by atoms with Gasteiger partial charge in [0.15, 0.2) is 6.10 Å². The Bertz CT molecular complexity index is 706. The van der Waals surface area contributed by atoms with Gasteiger partial charge in [0.05, 0.1) is 17.1 Å². The van der Waals surface area contributed by atoms with Crippen LogP contribution in [0, 0.1) is 11.3 Å². The van der Waals surface area contributed by atoms with Gasteiger partial charge >= 0.3 is 11.9 Å². The van der Waals surface area contributed by atoms with Crippen molar-refractivity contribution in [3.8, 4) is 6.07 Å². The summed E-state index contributed by atoms with van der Waals surface area (Å²) in [6, 6.07) is 6.74. The molecular weight excluding hydrogens is 324 g/mol. The second-order valence-corrected chi connectivity index (χ2v) is 6.10. The van der Waals surface area contributed by atoms with Gasteiger partial charge in [0.1, 0.15) is 12.6 Å². The first kappa shape index (κ1) is 18.6. The molecule has 0 amide bonds. The summed E-state index contributed by atoms with van der Waals surface area (Å²) >= 11 is 0. The maximum atomic E-state index is 12.0. The molecule has 0 fully saturated rings. The van der Waals surface area contributed by atoms with Crippen molar-refractivity contribution in [1.82, 2.24) is 4.72 Å². The van der Waals surface area contributed by atoms with Crippen molar-refractivity contribution in [3.63, 3.8) is 0 Å². The number of nitrogens with one attached hydrogen (secondary N) is 1. The van der Waals surface area contributed by atoms with E-state index in [1.54, 1.807) is 13.0 Å². The summed E-state index contributed by atoms with van der Waals surface area (Å²) in [5, 5.41) is 8.50. The molecule has 0 saturated heterocycles. The van der Waals surface area contributed by atoms with E-state index in [4.69, 9.17) is 10.00 Å². The normalized spacial score (nSPS) is 12.0. The zero-order valence-corrected chi connectivity index (χ0v) is 13.4. The molecule has 1 aromatic rings. The van der Waals surface area contributed by atoms with Crippen molar-refractivity contribution < 1.29 is 27.5 Å². The predicted molar refractivity (Wildman–Crippen MR) is 78.8 cm³/mol. The van der Waals surface area contributed by atoms with Crippen molar-refractivity contribution >= 4 is 22.0 Å². The number of nitriles is 1. The van der Waals surface area contributed by atoms with Crippen LogP contribution in [0.4, 0.5) is 0 Å². The van der Waals surface area contributed by atoms with Gasteiger partial charge in [-0.3, -0.25) is 4.79 Å². The van der Waals surface area contributed by atoms with E-state index < -0.39 is 34.6 Å². The summed E-state index contributed by atoms with van der Waals surface area (Å²) in [5.41, 5.74) is 0.216. The fourth-order valence-electron chi connectivity index (χ4n) is 1.49. The standard InChI is InChI=1S/C14H16N2O6S/c1-3-21-14(18)11-4-6-12(7-5-11)23(19,20)16-9-13(17)22-10(2)8-15/h4-7,10,16H,3,9H2,1-2H3/t10-/m0/s1. The van der Waals surface area contributed by atoms with Crippen LogP contribution >= 0.6 is 0 Å². The van der Waals surface area contributed by atoms with Crippen molar-refractivity contribution in [2.75, 3.05) is 13.2 Å². The number of hydrogen-bond acceptors (Lipinski definition) is 7. The molecule has 0 radical (unpaired) electrons. The zero-order chi connectivity index (χ0) is 17.5. The van der Waals surface area contributed by atoms with E-state index in [-0.39, 0.29) is 17.1 Å². The molecule has 1 N–H and O–H groups in total. The van der Waals surface area contributed by atoms with Crippen molar-refractivity contribution in [2.24, 2.45) is 0 Å². The molecule has 124 valence electrons. The van der Waals surface area contributed by atoms with Crippen LogP contribution in [0.5, 0.6) is 0 Å². The van der Waals surface area contributed by atoms with Gasteiger partial charge in [-0.15, -0.1) is 0 Å². The minimum Gasteiger partial charge on any atom is -0.462 e. The van der Waals surface area contributed by atoms with Crippen molar-refractivity contribution in [2.45, 2.75) is 24.8 Å². The van der Waals surface area contributed by atoms with Gasteiger partial charge in [-0.2, -0.15) is 9.98 Å². The number of rotatable bonds is 7. The fraction of sp³-hybridized carbons (Fsp3) is 0.357. The number of ether oxygens (including phenoxy) is 2. The van der Waals surface area contributed by atoms with Crippen LogP contribution in [0.3, 0.4) is 0 Å². The Labute approximate surface area is 134 Å². The van der Waals surface area contributed by atoms with Crippen LogP contribution in [0.15, 0.2) is 29.2 Å². The number of sulfonamides is 1.